The molecule has 0 aromatic carbocycles. The zero-order chi connectivity index (χ0) is 10.8. The van der Waals surface area contributed by atoms with E-state index in [0.29, 0.717) is 12.6 Å². The van der Waals surface area contributed by atoms with E-state index in [1.807, 2.05) is 6.92 Å². The Morgan fingerprint density at radius 3 is 3.00 bits per heavy atom. The third-order valence-electron chi connectivity index (χ3n) is 3.78. The maximum Gasteiger partial charge on any atom is 0.234 e. The lowest BCUT2D eigenvalue weighted by molar-refractivity contribution is -0.122. The van der Waals surface area contributed by atoms with Gasteiger partial charge in [0.2, 0.25) is 5.91 Å². The number of amides is 1. The van der Waals surface area contributed by atoms with Crippen LogP contribution < -0.4 is 10.6 Å². The average molecular weight is 211 g/mol. The fourth-order valence-corrected chi connectivity index (χ4v) is 2.90. The number of nitrogens with one attached hydrogen (secondary N) is 2. The maximum atomic E-state index is 11.5. The predicted octanol–water partition coefficient (Wildman–Crippen LogP) is -0.338. The first-order valence-corrected chi connectivity index (χ1v) is 5.93. The summed E-state index contributed by atoms with van der Waals surface area (Å²) < 4.78 is 0. The van der Waals surface area contributed by atoms with Crippen molar-refractivity contribution >= 4 is 5.91 Å². The molecule has 4 nitrogen and oxygen atoms in total. The molecule has 2 fully saturated rings. The van der Waals surface area contributed by atoms with Crippen LogP contribution in [0.3, 0.4) is 0 Å². The smallest absolute Gasteiger partial charge is 0.234 e. The number of carbonyl (C=O) groups is 1. The average Bonchev–Trinajstić information content (AvgIpc) is 2.72. The van der Waals surface area contributed by atoms with Crippen LogP contribution in [-0.2, 0) is 4.79 Å². The monoisotopic (exact) mass is 211 g/mol. The summed E-state index contributed by atoms with van der Waals surface area (Å²) in [5.74, 6) is 1.67. The minimum Gasteiger partial charge on any atom is -0.355 e. The molecular formula is C11H21N3O. The minimum absolute atomic E-state index is 0.164. The van der Waals surface area contributed by atoms with E-state index in [2.05, 4.69) is 22.5 Å². The fourth-order valence-electron chi connectivity index (χ4n) is 2.90. The first kappa shape index (κ1) is 10.9. The molecule has 15 heavy (non-hydrogen) atoms. The zero-order valence-electron chi connectivity index (χ0n) is 9.62. The second kappa shape index (κ2) is 4.49. The molecule has 0 saturated carbocycles. The molecule has 0 aliphatic carbocycles. The quantitative estimate of drug-likeness (QED) is 0.671. The molecule has 0 radical (unpaired) electrons. The first-order chi connectivity index (χ1) is 7.22. The molecule has 0 aromatic rings. The lowest BCUT2D eigenvalue weighted by Crippen LogP contribution is -2.41. The van der Waals surface area contributed by atoms with Gasteiger partial charge in [-0.1, -0.05) is 0 Å². The highest BCUT2D eigenvalue weighted by Gasteiger charge is 2.41. The molecule has 2 aliphatic heterocycles. The van der Waals surface area contributed by atoms with Gasteiger partial charge in [0.25, 0.3) is 0 Å². The Balaban J connectivity index is 1.87. The van der Waals surface area contributed by atoms with Gasteiger partial charge in [-0.15, -0.1) is 0 Å². The van der Waals surface area contributed by atoms with E-state index in [9.17, 15) is 4.79 Å². The van der Waals surface area contributed by atoms with Crippen molar-refractivity contribution in [1.29, 1.82) is 0 Å². The number of likely N-dealkylation sites (N-methyl/N-ethyl adjacent to an activating group) is 1. The molecule has 2 saturated heterocycles. The third-order valence-corrected chi connectivity index (χ3v) is 3.78. The fraction of sp³-hybridized carbons (Fsp3) is 0.909. The maximum absolute atomic E-state index is 11.5. The Kier molecular flexibility index (Phi) is 3.26. The standard InChI is InChI=1S/C11H21N3O/c1-3-13-11(15)7-14-6-9-4-12-5-10(9)8(14)2/h8-10,12H,3-7H2,1-2H3,(H,13,15). The summed E-state index contributed by atoms with van der Waals surface area (Å²) in [6, 6.07) is 0.549. The van der Waals surface area contributed by atoms with Gasteiger partial charge in [-0.05, 0) is 38.8 Å². The van der Waals surface area contributed by atoms with E-state index in [1.54, 1.807) is 0 Å². The Bertz CT molecular complexity index is 244. The summed E-state index contributed by atoms with van der Waals surface area (Å²) in [5.41, 5.74) is 0. The van der Waals surface area contributed by atoms with Crippen LogP contribution in [0.5, 0.6) is 0 Å². The molecule has 0 aromatic heterocycles. The van der Waals surface area contributed by atoms with Crippen LogP contribution in [0.1, 0.15) is 13.8 Å². The molecule has 3 atom stereocenters. The van der Waals surface area contributed by atoms with Crippen molar-refractivity contribution in [2.75, 3.05) is 32.7 Å². The second-order valence-corrected chi connectivity index (χ2v) is 4.71. The minimum atomic E-state index is 0.164. The Morgan fingerprint density at radius 2 is 2.33 bits per heavy atom. The van der Waals surface area contributed by atoms with Crippen molar-refractivity contribution in [2.45, 2.75) is 19.9 Å². The van der Waals surface area contributed by atoms with E-state index in [4.69, 9.17) is 0 Å². The zero-order valence-corrected chi connectivity index (χ0v) is 9.62. The molecule has 2 aliphatic rings. The van der Waals surface area contributed by atoms with Gasteiger partial charge in [-0.2, -0.15) is 0 Å². The Morgan fingerprint density at radius 1 is 1.53 bits per heavy atom. The van der Waals surface area contributed by atoms with Crippen LogP contribution in [-0.4, -0.2) is 49.6 Å². The van der Waals surface area contributed by atoms with Crippen LogP contribution in [0.2, 0.25) is 0 Å². The SMILES string of the molecule is CCNC(=O)CN1CC2CNCC2C1C. The molecule has 3 unspecified atom stereocenters. The van der Waals surface area contributed by atoms with Crippen molar-refractivity contribution < 1.29 is 4.79 Å². The largest absolute Gasteiger partial charge is 0.355 e. The van der Waals surface area contributed by atoms with Crippen LogP contribution in [0.25, 0.3) is 0 Å². The van der Waals surface area contributed by atoms with Gasteiger partial charge in [0.15, 0.2) is 0 Å². The van der Waals surface area contributed by atoms with Crippen LogP contribution in [0.4, 0.5) is 0 Å². The van der Waals surface area contributed by atoms with Crippen LogP contribution in [0, 0.1) is 11.8 Å². The van der Waals surface area contributed by atoms with Crippen molar-refractivity contribution in [1.82, 2.24) is 15.5 Å². The summed E-state index contributed by atoms with van der Waals surface area (Å²) in [4.78, 5) is 13.8. The van der Waals surface area contributed by atoms with Gasteiger partial charge >= 0.3 is 0 Å². The molecular weight excluding hydrogens is 190 g/mol. The van der Waals surface area contributed by atoms with Crippen molar-refractivity contribution in [3.8, 4) is 0 Å². The normalized spacial score (nSPS) is 35.5. The highest BCUT2D eigenvalue weighted by molar-refractivity contribution is 5.78. The summed E-state index contributed by atoms with van der Waals surface area (Å²) in [7, 11) is 0. The van der Waals surface area contributed by atoms with Gasteiger partial charge in [0.1, 0.15) is 0 Å². The molecule has 1 amide bonds. The van der Waals surface area contributed by atoms with E-state index in [0.717, 1.165) is 38.0 Å². The van der Waals surface area contributed by atoms with E-state index in [-0.39, 0.29) is 5.91 Å². The molecule has 2 rings (SSSR count). The number of hydrogen-bond acceptors (Lipinski definition) is 3. The van der Waals surface area contributed by atoms with Crippen molar-refractivity contribution in [3.05, 3.63) is 0 Å². The van der Waals surface area contributed by atoms with Gasteiger partial charge in [0, 0.05) is 19.1 Å². The second-order valence-electron chi connectivity index (χ2n) is 4.71. The number of hydrogen-bond donors (Lipinski definition) is 2. The summed E-state index contributed by atoms with van der Waals surface area (Å²) in [5, 5.41) is 6.29. The molecule has 0 bridgehead atoms. The van der Waals surface area contributed by atoms with Gasteiger partial charge in [0.05, 0.1) is 6.54 Å². The van der Waals surface area contributed by atoms with Crippen molar-refractivity contribution in [2.24, 2.45) is 11.8 Å². The van der Waals surface area contributed by atoms with Gasteiger partial charge in [-0.25, -0.2) is 0 Å². The van der Waals surface area contributed by atoms with E-state index in [1.165, 1.54) is 0 Å². The molecule has 2 heterocycles. The number of likely N-dealkylation sites (tertiary alicyclic amines) is 1. The lowest BCUT2D eigenvalue weighted by Gasteiger charge is -2.23. The van der Waals surface area contributed by atoms with Gasteiger partial charge in [-0.3, -0.25) is 9.69 Å². The molecule has 0 spiro atoms. The lowest BCUT2D eigenvalue weighted by atomic mass is 9.95. The Labute approximate surface area is 91.4 Å². The van der Waals surface area contributed by atoms with Crippen molar-refractivity contribution in [3.63, 3.8) is 0 Å². The summed E-state index contributed by atoms with van der Waals surface area (Å²) in [6.07, 6.45) is 0. The third kappa shape index (κ3) is 2.16. The first-order valence-electron chi connectivity index (χ1n) is 5.93. The van der Waals surface area contributed by atoms with Gasteiger partial charge < -0.3 is 10.6 Å². The number of nitrogens with zero attached hydrogens (tertiary/aromatic N) is 1. The highest BCUT2D eigenvalue weighted by atomic mass is 16.2. The molecule has 86 valence electrons. The van der Waals surface area contributed by atoms with Crippen LogP contribution >= 0.6 is 0 Å². The number of fused-ring (bicyclic) bond motifs is 1. The molecule has 2 N–H and O–H groups in total. The number of rotatable bonds is 3. The van der Waals surface area contributed by atoms with E-state index >= 15 is 0 Å². The summed E-state index contributed by atoms with van der Waals surface area (Å²) >= 11 is 0. The molecule has 4 heteroatoms. The van der Waals surface area contributed by atoms with E-state index < -0.39 is 0 Å². The summed E-state index contributed by atoms with van der Waals surface area (Å²) in [6.45, 7) is 8.84. The Hall–Kier alpha value is -0.610. The topological polar surface area (TPSA) is 44.4 Å². The highest BCUT2D eigenvalue weighted by Crippen LogP contribution is 2.31. The number of carbonyl (C=O) groups excluding carboxylic acids is 1. The predicted molar refractivity (Wildman–Crippen MR) is 59.6 cm³/mol. The van der Waals surface area contributed by atoms with Crippen LogP contribution in [0.15, 0.2) is 0 Å².